The summed E-state index contributed by atoms with van der Waals surface area (Å²) in [6, 6.07) is 0. The molecule has 0 aromatic carbocycles. The molecule has 0 atom stereocenters. The van der Waals surface area contributed by atoms with Crippen molar-refractivity contribution in [2.75, 3.05) is 14.1 Å². The SMILES string of the molecule is CN1C(C)(C)C(CC(O)CC2=[N+]([O-])C(C)(C)N(C)C2(C)C)=[N+]([O-])C1(C)C. The summed E-state index contributed by atoms with van der Waals surface area (Å²) in [6.45, 7) is 15.5. The zero-order chi connectivity index (χ0) is 20.5. The van der Waals surface area contributed by atoms with E-state index in [9.17, 15) is 15.5 Å². The zero-order valence-electron chi connectivity index (χ0n) is 18.0. The molecule has 0 fully saturated rings. The quantitative estimate of drug-likeness (QED) is 0.606. The van der Waals surface area contributed by atoms with Gasteiger partial charge in [-0.2, -0.15) is 9.48 Å². The van der Waals surface area contributed by atoms with Crippen LogP contribution in [0.3, 0.4) is 0 Å². The highest BCUT2D eigenvalue weighted by Gasteiger charge is 2.56. The second-order valence-electron chi connectivity index (χ2n) is 9.77. The molecule has 0 amide bonds. The van der Waals surface area contributed by atoms with Gasteiger partial charge in [0, 0.05) is 27.7 Å². The van der Waals surface area contributed by atoms with Crippen LogP contribution in [0.4, 0.5) is 0 Å². The van der Waals surface area contributed by atoms with Crippen molar-refractivity contribution in [2.45, 2.75) is 96.7 Å². The van der Waals surface area contributed by atoms with Gasteiger partial charge < -0.3 is 15.5 Å². The van der Waals surface area contributed by atoms with Crippen molar-refractivity contribution in [3.63, 3.8) is 0 Å². The average molecular weight is 369 g/mol. The number of hydroxylamine groups is 2. The van der Waals surface area contributed by atoms with Crippen molar-refractivity contribution in [2.24, 2.45) is 0 Å². The van der Waals surface area contributed by atoms with Crippen LogP contribution in [0.25, 0.3) is 0 Å². The minimum Gasteiger partial charge on any atom is -0.622 e. The van der Waals surface area contributed by atoms with E-state index in [1.807, 2.05) is 79.3 Å². The standard InChI is InChI=1S/C19H36N4O3/c1-16(2)14(22(25)18(5,6)20(16)9)11-13(24)12-15-17(3,4)21(10)19(7,8)23(15)26/h13,24H,11-12H2,1-10H3. The third-order valence-corrected chi connectivity index (χ3v) is 7.07. The van der Waals surface area contributed by atoms with E-state index < -0.39 is 28.5 Å². The van der Waals surface area contributed by atoms with Crippen molar-refractivity contribution < 1.29 is 14.6 Å². The lowest BCUT2D eigenvalue weighted by Gasteiger charge is -2.33. The summed E-state index contributed by atoms with van der Waals surface area (Å²) in [5.41, 5.74) is -0.918. The van der Waals surface area contributed by atoms with Crippen molar-refractivity contribution in [1.29, 1.82) is 0 Å². The molecule has 7 nitrogen and oxygen atoms in total. The molecule has 0 aromatic rings. The van der Waals surface area contributed by atoms with Crippen LogP contribution in [0.1, 0.15) is 68.2 Å². The Morgan fingerprint density at radius 3 is 1.23 bits per heavy atom. The van der Waals surface area contributed by atoms with Crippen molar-refractivity contribution in [3.05, 3.63) is 10.4 Å². The molecule has 0 aliphatic carbocycles. The predicted octanol–water partition coefficient (Wildman–Crippen LogP) is 1.95. The van der Waals surface area contributed by atoms with Crippen molar-refractivity contribution in [1.82, 2.24) is 9.80 Å². The lowest BCUT2D eigenvalue weighted by Crippen LogP contribution is -2.51. The van der Waals surface area contributed by atoms with Crippen LogP contribution in [0.2, 0.25) is 0 Å². The highest BCUT2D eigenvalue weighted by Crippen LogP contribution is 2.36. The van der Waals surface area contributed by atoms with Crippen LogP contribution in [0.15, 0.2) is 0 Å². The number of hydrogen-bond acceptors (Lipinski definition) is 5. The molecule has 1 N–H and O–H groups in total. The lowest BCUT2D eigenvalue weighted by atomic mass is 9.88. The Morgan fingerprint density at radius 2 is 1.04 bits per heavy atom. The Morgan fingerprint density at radius 1 is 0.769 bits per heavy atom. The van der Waals surface area contributed by atoms with Gasteiger partial charge in [-0.05, 0) is 41.8 Å². The Kier molecular flexibility index (Phi) is 4.80. The Balaban J connectivity index is 2.29. The van der Waals surface area contributed by atoms with Crippen LogP contribution in [0, 0.1) is 10.4 Å². The summed E-state index contributed by atoms with van der Waals surface area (Å²) in [7, 11) is 3.85. The number of rotatable bonds is 4. The van der Waals surface area contributed by atoms with Crippen LogP contribution in [-0.4, -0.2) is 78.4 Å². The summed E-state index contributed by atoms with van der Waals surface area (Å²) >= 11 is 0. The smallest absolute Gasteiger partial charge is 0.224 e. The molecule has 0 bridgehead atoms. The van der Waals surface area contributed by atoms with Gasteiger partial charge in [0.1, 0.15) is 11.1 Å². The van der Waals surface area contributed by atoms with E-state index in [1.54, 1.807) is 0 Å². The molecule has 7 heteroatoms. The monoisotopic (exact) mass is 368 g/mol. The van der Waals surface area contributed by atoms with Crippen molar-refractivity contribution >= 4 is 11.4 Å². The third-order valence-electron chi connectivity index (χ3n) is 7.07. The first-order valence-corrected chi connectivity index (χ1v) is 9.33. The summed E-state index contributed by atoms with van der Waals surface area (Å²) < 4.78 is 2.04. The zero-order valence-corrected chi connectivity index (χ0v) is 18.0. The molecule has 150 valence electrons. The van der Waals surface area contributed by atoms with Gasteiger partial charge >= 0.3 is 0 Å². The maximum atomic E-state index is 12.8. The topological polar surface area (TPSA) is 78.8 Å². The summed E-state index contributed by atoms with van der Waals surface area (Å²) in [5.74, 6) is 0. The predicted molar refractivity (Wildman–Crippen MR) is 104 cm³/mol. The van der Waals surface area contributed by atoms with E-state index in [0.717, 1.165) is 9.48 Å². The number of hydrogen-bond donors (Lipinski definition) is 1. The van der Waals surface area contributed by atoms with Crippen molar-refractivity contribution in [3.8, 4) is 0 Å². The second-order valence-corrected chi connectivity index (χ2v) is 9.77. The fourth-order valence-corrected chi connectivity index (χ4v) is 4.37. The first-order chi connectivity index (χ1) is 11.5. The van der Waals surface area contributed by atoms with Gasteiger partial charge in [0.25, 0.3) is 0 Å². The lowest BCUT2D eigenvalue weighted by molar-refractivity contribution is -0.557. The van der Waals surface area contributed by atoms with Crippen LogP contribution < -0.4 is 0 Å². The van der Waals surface area contributed by atoms with Gasteiger partial charge in [0.15, 0.2) is 11.4 Å². The van der Waals surface area contributed by atoms with Gasteiger partial charge in [-0.3, -0.25) is 0 Å². The molecule has 2 rings (SSSR count). The minimum atomic E-state index is -0.781. The minimum absolute atomic E-state index is 0.252. The molecule has 0 saturated carbocycles. The molecule has 0 aromatic heterocycles. The first-order valence-electron chi connectivity index (χ1n) is 9.33. The van der Waals surface area contributed by atoms with E-state index in [1.165, 1.54) is 0 Å². The maximum Gasteiger partial charge on any atom is 0.224 e. The second kappa shape index (κ2) is 5.91. The van der Waals surface area contributed by atoms with E-state index >= 15 is 0 Å². The molecule has 2 aliphatic heterocycles. The van der Waals surface area contributed by atoms with Gasteiger partial charge in [-0.15, -0.1) is 0 Å². The average Bonchev–Trinajstić information content (AvgIpc) is 2.70. The number of aliphatic hydroxyl groups excluding tert-OH is 1. The normalized spacial score (nSPS) is 27.8. The summed E-state index contributed by atoms with van der Waals surface area (Å²) in [6.07, 6.45) is -0.278. The highest BCUT2D eigenvalue weighted by molar-refractivity contribution is 5.93. The van der Waals surface area contributed by atoms with E-state index in [4.69, 9.17) is 0 Å². The maximum absolute atomic E-state index is 12.8. The fraction of sp³-hybridized carbons (Fsp3) is 0.895. The van der Waals surface area contributed by atoms with Crippen LogP contribution in [0.5, 0.6) is 0 Å². The molecule has 0 saturated heterocycles. The molecule has 2 aliphatic rings. The molecular formula is C19H36N4O3. The Bertz CT molecular complexity index is 606. The molecular weight excluding hydrogens is 332 g/mol. The fourth-order valence-electron chi connectivity index (χ4n) is 4.37. The molecule has 0 spiro atoms. The highest BCUT2D eigenvalue weighted by atomic mass is 16.5. The van der Waals surface area contributed by atoms with Gasteiger partial charge in [0.2, 0.25) is 11.3 Å². The summed E-state index contributed by atoms with van der Waals surface area (Å²) in [4.78, 5) is 4.05. The molecule has 0 unspecified atom stereocenters. The van der Waals surface area contributed by atoms with E-state index in [-0.39, 0.29) is 12.8 Å². The van der Waals surface area contributed by atoms with Crippen LogP contribution >= 0.6 is 0 Å². The number of nitrogens with zero attached hydrogens (tertiary/aromatic N) is 4. The van der Waals surface area contributed by atoms with Gasteiger partial charge in [-0.1, -0.05) is 0 Å². The van der Waals surface area contributed by atoms with Gasteiger partial charge in [0.05, 0.1) is 18.9 Å². The molecule has 2 heterocycles. The number of aliphatic hydroxyl groups is 1. The molecule has 26 heavy (non-hydrogen) atoms. The Hall–Kier alpha value is -1.18. The largest absolute Gasteiger partial charge is 0.622 e. The third kappa shape index (κ3) is 2.75. The summed E-state index contributed by atoms with van der Waals surface area (Å²) in [5, 5.41) is 36.4. The van der Waals surface area contributed by atoms with Crippen LogP contribution in [-0.2, 0) is 0 Å². The first kappa shape index (κ1) is 21.1. The van der Waals surface area contributed by atoms with Gasteiger partial charge in [-0.25, -0.2) is 9.80 Å². The Labute approximate surface area is 157 Å². The molecule has 0 radical (unpaired) electrons. The van der Waals surface area contributed by atoms with E-state index in [2.05, 4.69) is 0 Å². The van der Waals surface area contributed by atoms with E-state index in [0.29, 0.717) is 11.4 Å².